The molecule has 5 N–H and O–H groups in total. The topological polar surface area (TPSA) is 117 Å². The first-order valence-corrected chi connectivity index (χ1v) is 5.86. The minimum atomic E-state index is -0.00292. The first-order chi connectivity index (χ1) is 9.53. The smallest absolute Gasteiger partial charge is 0.222 e. The number of phenols is 1. The summed E-state index contributed by atoms with van der Waals surface area (Å²) in [7, 11) is 2.96. The molecule has 0 amide bonds. The van der Waals surface area contributed by atoms with Gasteiger partial charge in [0, 0.05) is 12.5 Å². The fourth-order valence-corrected chi connectivity index (χ4v) is 1.94. The number of benzene rings is 1. The highest BCUT2D eigenvalue weighted by atomic mass is 16.5. The van der Waals surface area contributed by atoms with Crippen LogP contribution < -0.4 is 20.9 Å². The van der Waals surface area contributed by atoms with Crippen molar-refractivity contribution >= 4 is 11.8 Å². The van der Waals surface area contributed by atoms with Gasteiger partial charge in [0.25, 0.3) is 0 Å². The Kier molecular flexibility index (Phi) is 3.79. The molecule has 0 unspecified atom stereocenters. The molecule has 0 aliphatic carbocycles. The molecule has 7 nitrogen and oxygen atoms in total. The molecule has 0 saturated carbocycles. The molecule has 106 valence electrons. The Balaban J connectivity index is 2.36. The number of aromatic nitrogens is 2. The van der Waals surface area contributed by atoms with Crippen molar-refractivity contribution in [3.05, 3.63) is 29.5 Å². The van der Waals surface area contributed by atoms with Crippen LogP contribution in [0.4, 0.5) is 11.8 Å². The zero-order chi connectivity index (χ0) is 14.7. The number of hydrogen-bond acceptors (Lipinski definition) is 7. The number of anilines is 2. The van der Waals surface area contributed by atoms with E-state index >= 15 is 0 Å². The Labute approximate surface area is 116 Å². The quantitative estimate of drug-likeness (QED) is 0.761. The van der Waals surface area contributed by atoms with Crippen LogP contribution in [0, 0.1) is 0 Å². The standard InChI is InChI=1S/C13H16N4O3/c1-19-10-5-7(4-9(18)12(10)20-2)3-8-6-11(14)17-13(15)16-8/h4-6,18H,3H2,1-2H3,(H4,14,15,16,17). The van der Waals surface area contributed by atoms with Crippen LogP contribution in [0.3, 0.4) is 0 Å². The van der Waals surface area contributed by atoms with Crippen LogP contribution in [0.25, 0.3) is 0 Å². The zero-order valence-corrected chi connectivity index (χ0v) is 11.3. The minimum Gasteiger partial charge on any atom is -0.504 e. The lowest BCUT2D eigenvalue weighted by atomic mass is 10.1. The molecule has 20 heavy (non-hydrogen) atoms. The lowest BCUT2D eigenvalue weighted by Gasteiger charge is -2.11. The second kappa shape index (κ2) is 5.52. The van der Waals surface area contributed by atoms with Gasteiger partial charge in [0.2, 0.25) is 11.7 Å². The molecular formula is C13H16N4O3. The van der Waals surface area contributed by atoms with Crippen LogP contribution in [-0.2, 0) is 6.42 Å². The number of hydrogen-bond donors (Lipinski definition) is 3. The van der Waals surface area contributed by atoms with E-state index in [2.05, 4.69) is 9.97 Å². The maximum Gasteiger partial charge on any atom is 0.222 e. The Morgan fingerprint density at radius 1 is 1.10 bits per heavy atom. The monoisotopic (exact) mass is 276 g/mol. The number of phenolic OH excluding ortho intramolecular Hbond substituents is 1. The SMILES string of the molecule is COc1cc(Cc2cc(N)nc(N)n2)cc(O)c1OC. The summed E-state index contributed by atoms with van der Waals surface area (Å²) in [6.45, 7) is 0. The molecule has 0 radical (unpaired) electrons. The van der Waals surface area contributed by atoms with Crippen LogP contribution in [0.5, 0.6) is 17.2 Å². The Bertz CT molecular complexity index is 611. The highest BCUT2D eigenvalue weighted by Crippen LogP contribution is 2.37. The van der Waals surface area contributed by atoms with E-state index in [0.29, 0.717) is 23.7 Å². The third-order valence-electron chi connectivity index (χ3n) is 2.72. The molecule has 1 aromatic heterocycles. The van der Waals surface area contributed by atoms with Crippen molar-refractivity contribution in [1.29, 1.82) is 0 Å². The average Bonchev–Trinajstić information content (AvgIpc) is 2.36. The predicted molar refractivity (Wildman–Crippen MR) is 74.9 cm³/mol. The predicted octanol–water partition coefficient (Wildman–Crippen LogP) is 0.955. The number of nitrogen functional groups attached to an aromatic ring is 2. The summed E-state index contributed by atoms with van der Waals surface area (Å²) >= 11 is 0. The van der Waals surface area contributed by atoms with Gasteiger partial charge in [-0.15, -0.1) is 0 Å². The molecule has 0 spiro atoms. The maximum absolute atomic E-state index is 9.90. The number of methoxy groups -OCH3 is 2. The molecule has 0 aliphatic rings. The first kappa shape index (κ1) is 13.7. The summed E-state index contributed by atoms with van der Waals surface area (Å²) < 4.78 is 10.2. The molecule has 1 aromatic carbocycles. The summed E-state index contributed by atoms with van der Waals surface area (Å²) in [5.74, 6) is 1.15. The summed E-state index contributed by atoms with van der Waals surface area (Å²) in [6, 6.07) is 4.97. The molecule has 0 saturated heterocycles. The molecule has 0 bridgehead atoms. The van der Waals surface area contributed by atoms with Gasteiger partial charge in [0.15, 0.2) is 11.5 Å². The van der Waals surface area contributed by atoms with E-state index in [9.17, 15) is 5.11 Å². The zero-order valence-electron chi connectivity index (χ0n) is 11.3. The van der Waals surface area contributed by atoms with Crippen LogP contribution in [0.15, 0.2) is 18.2 Å². The van der Waals surface area contributed by atoms with Gasteiger partial charge in [0.05, 0.1) is 19.9 Å². The summed E-state index contributed by atoms with van der Waals surface area (Å²) in [5.41, 5.74) is 12.6. The second-order valence-electron chi connectivity index (χ2n) is 4.17. The van der Waals surface area contributed by atoms with Crippen molar-refractivity contribution in [2.45, 2.75) is 6.42 Å². The van der Waals surface area contributed by atoms with E-state index < -0.39 is 0 Å². The normalized spacial score (nSPS) is 10.3. The molecule has 0 fully saturated rings. The third kappa shape index (κ3) is 2.82. The lowest BCUT2D eigenvalue weighted by molar-refractivity contribution is 0.332. The van der Waals surface area contributed by atoms with Crippen molar-refractivity contribution in [3.63, 3.8) is 0 Å². The molecular weight excluding hydrogens is 260 g/mol. The van der Waals surface area contributed by atoms with E-state index in [0.717, 1.165) is 5.56 Å². The fourth-order valence-electron chi connectivity index (χ4n) is 1.94. The number of aromatic hydroxyl groups is 1. The Hall–Kier alpha value is -2.70. The summed E-state index contributed by atoms with van der Waals surface area (Å²) in [6.07, 6.45) is 0.435. The van der Waals surface area contributed by atoms with Gasteiger partial charge in [-0.3, -0.25) is 0 Å². The van der Waals surface area contributed by atoms with Gasteiger partial charge < -0.3 is 26.0 Å². The minimum absolute atomic E-state index is 0.00292. The number of ether oxygens (including phenoxy) is 2. The Morgan fingerprint density at radius 2 is 1.85 bits per heavy atom. The summed E-state index contributed by atoms with van der Waals surface area (Å²) in [5, 5.41) is 9.90. The lowest BCUT2D eigenvalue weighted by Crippen LogP contribution is -2.03. The largest absolute Gasteiger partial charge is 0.504 e. The molecule has 0 aliphatic heterocycles. The third-order valence-corrected chi connectivity index (χ3v) is 2.72. The van der Waals surface area contributed by atoms with Crippen LogP contribution in [-0.4, -0.2) is 29.3 Å². The average molecular weight is 276 g/mol. The van der Waals surface area contributed by atoms with Gasteiger partial charge in [-0.1, -0.05) is 0 Å². The molecule has 1 heterocycles. The van der Waals surface area contributed by atoms with Crippen molar-refractivity contribution < 1.29 is 14.6 Å². The Morgan fingerprint density at radius 3 is 2.45 bits per heavy atom. The van der Waals surface area contributed by atoms with Gasteiger partial charge in [-0.2, -0.15) is 4.98 Å². The van der Waals surface area contributed by atoms with Crippen LogP contribution >= 0.6 is 0 Å². The van der Waals surface area contributed by atoms with Crippen LogP contribution in [0.2, 0.25) is 0 Å². The highest BCUT2D eigenvalue weighted by molar-refractivity contribution is 5.53. The maximum atomic E-state index is 9.90. The first-order valence-electron chi connectivity index (χ1n) is 5.86. The van der Waals surface area contributed by atoms with E-state index in [-0.39, 0.29) is 17.4 Å². The van der Waals surface area contributed by atoms with E-state index in [4.69, 9.17) is 20.9 Å². The van der Waals surface area contributed by atoms with Gasteiger partial charge in [-0.25, -0.2) is 4.98 Å². The van der Waals surface area contributed by atoms with Crippen molar-refractivity contribution in [1.82, 2.24) is 9.97 Å². The molecule has 7 heteroatoms. The molecule has 0 atom stereocenters. The van der Waals surface area contributed by atoms with E-state index in [1.54, 1.807) is 18.2 Å². The highest BCUT2D eigenvalue weighted by Gasteiger charge is 2.12. The van der Waals surface area contributed by atoms with E-state index in [1.807, 2.05) is 0 Å². The number of nitrogens with two attached hydrogens (primary N) is 2. The van der Waals surface area contributed by atoms with E-state index in [1.165, 1.54) is 14.2 Å². The summed E-state index contributed by atoms with van der Waals surface area (Å²) in [4.78, 5) is 7.89. The molecule has 2 rings (SSSR count). The van der Waals surface area contributed by atoms with Crippen molar-refractivity contribution in [2.24, 2.45) is 0 Å². The molecule has 2 aromatic rings. The van der Waals surface area contributed by atoms with Crippen molar-refractivity contribution in [3.8, 4) is 17.2 Å². The number of nitrogens with zero attached hydrogens (tertiary/aromatic N) is 2. The fraction of sp³-hybridized carbons (Fsp3) is 0.231. The number of rotatable bonds is 4. The van der Waals surface area contributed by atoms with Crippen molar-refractivity contribution in [2.75, 3.05) is 25.7 Å². The van der Waals surface area contributed by atoms with Gasteiger partial charge >= 0.3 is 0 Å². The van der Waals surface area contributed by atoms with Gasteiger partial charge in [0.1, 0.15) is 5.82 Å². The second-order valence-corrected chi connectivity index (χ2v) is 4.17. The van der Waals surface area contributed by atoms with Crippen LogP contribution in [0.1, 0.15) is 11.3 Å². The van der Waals surface area contributed by atoms with Gasteiger partial charge in [-0.05, 0) is 17.7 Å².